The van der Waals surface area contributed by atoms with E-state index < -0.39 is 17.6 Å². The Bertz CT molecular complexity index is 741. The van der Waals surface area contributed by atoms with E-state index in [9.17, 15) is 18.0 Å². The average molecular weight is 382 g/mol. The van der Waals surface area contributed by atoms with Crippen LogP contribution in [-0.2, 0) is 11.0 Å². The second-order valence-electron chi connectivity index (χ2n) is 6.39. The van der Waals surface area contributed by atoms with E-state index in [4.69, 9.17) is 9.15 Å². The largest absolute Gasteiger partial charge is 0.484 e. The molecule has 27 heavy (non-hydrogen) atoms. The number of carbonyl (C=O) groups is 1. The number of halogens is 3. The molecule has 1 fully saturated rings. The lowest BCUT2D eigenvalue weighted by molar-refractivity contribution is -0.137. The predicted octanol–water partition coefficient (Wildman–Crippen LogP) is 3.63. The van der Waals surface area contributed by atoms with Crippen LogP contribution in [0, 0.1) is 0 Å². The lowest BCUT2D eigenvalue weighted by Crippen LogP contribution is -2.38. The highest BCUT2D eigenvalue weighted by atomic mass is 19.4. The van der Waals surface area contributed by atoms with Crippen LogP contribution in [0.3, 0.4) is 0 Å². The summed E-state index contributed by atoms with van der Waals surface area (Å²) in [5, 5.41) is 2.78. The maximum atomic E-state index is 12.7. The number of hydrogen-bond donors (Lipinski definition) is 1. The highest BCUT2D eigenvalue weighted by Crippen LogP contribution is 2.31. The Morgan fingerprint density at radius 1 is 1.22 bits per heavy atom. The smallest absolute Gasteiger partial charge is 0.416 e. The number of furan rings is 1. The molecule has 0 unspecified atom stereocenters. The number of amides is 1. The molecule has 1 aliphatic rings. The molecule has 1 aromatic heterocycles. The van der Waals surface area contributed by atoms with Crippen molar-refractivity contribution in [1.29, 1.82) is 0 Å². The van der Waals surface area contributed by atoms with Crippen LogP contribution >= 0.6 is 0 Å². The fourth-order valence-corrected chi connectivity index (χ4v) is 3.12. The first-order chi connectivity index (χ1) is 12.9. The van der Waals surface area contributed by atoms with Gasteiger partial charge < -0.3 is 14.5 Å². The minimum Gasteiger partial charge on any atom is -0.484 e. The van der Waals surface area contributed by atoms with E-state index in [1.54, 1.807) is 12.3 Å². The van der Waals surface area contributed by atoms with Gasteiger partial charge in [0.1, 0.15) is 11.5 Å². The lowest BCUT2D eigenvalue weighted by Gasteiger charge is -2.26. The van der Waals surface area contributed by atoms with E-state index in [2.05, 4.69) is 10.2 Å². The molecular formula is C19H21F3N2O3. The number of nitrogens with one attached hydrogen (secondary N) is 1. The van der Waals surface area contributed by atoms with Gasteiger partial charge in [0.15, 0.2) is 6.61 Å². The second-order valence-corrected chi connectivity index (χ2v) is 6.39. The average Bonchev–Trinajstić information content (AvgIpc) is 3.34. The topological polar surface area (TPSA) is 54.7 Å². The minimum atomic E-state index is -4.45. The monoisotopic (exact) mass is 382 g/mol. The highest BCUT2D eigenvalue weighted by Gasteiger charge is 2.30. The van der Waals surface area contributed by atoms with Gasteiger partial charge in [-0.1, -0.05) is 6.07 Å². The first-order valence-electron chi connectivity index (χ1n) is 8.78. The molecule has 2 heterocycles. The van der Waals surface area contributed by atoms with E-state index in [0.29, 0.717) is 6.54 Å². The third kappa shape index (κ3) is 5.26. The molecule has 0 spiro atoms. The van der Waals surface area contributed by atoms with Crippen molar-refractivity contribution < 1.29 is 27.1 Å². The summed E-state index contributed by atoms with van der Waals surface area (Å²) < 4.78 is 48.8. The quantitative estimate of drug-likeness (QED) is 0.795. The van der Waals surface area contributed by atoms with E-state index >= 15 is 0 Å². The molecule has 5 nitrogen and oxygen atoms in total. The molecule has 3 rings (SSSR count). The Balaban J connectivity index is 1.53. The van der Waals surface area contributed by atoms with Crippen LogP contribution in [0.2, 0.25) is 0 Å². The lowest BCUT2D eigenvalue weighted by atomic mass is 10.2. The third-order valence-electron chi connectivity index (χ3n) is 4.48. The van der Waals surface area contributed by atoms with Crippen LogP contribution in [0.5, 0.6) is 5.75 Å². The maximum absolute atomic E-state index is 12.7. The van der Waals surface area contributed by atoms with Crippen molar-refractivity contribution in [3.63, 3.8) is 0 Å². The Hall–Kier alpha value is -2.48. The van der Waals surface area contributed by atoms with Gasteiger partial charge in [0.05, 0.1) is 17.9 Å². The zero-order valence-corrected chi connectivity index (χ0v) is 14.7. The molecule has 0 saturated carbocycles. The molecule has 1 amide bonds. The first-order valence-corrected chi connectivity index (χ1v) is 8.78. The Morgan fingerprint density at radius 2 is 2.00 bits per heavy atom. The molecule has 146 valence electrons. The summed E-state index contributed by atoms with van der Waals surface area (Å²) in [7, 11) is 0. The number of rotatable bonds is 7. The van der Waals surface area contributed by atoms with Crippen molar-refractivity contribution in [2.45, 2.75) is 25.1 Å². The van der Waals surface area contributed by atoms with Gasteiger partial charge in [-0.2, -0.15) is 13.2 Å². The van der Waals surface area contributed by atoms with Gasteiger partial charge >= 0.3 is 6.18 Å². The number of benzene rings is 1. The van der Waals surface area contributed by atoms with Gasteiger partial charge in [-0.3, -0.25) is 9.69 Å². The highest BCUT2D eigenvalue weighted by molar-refractivity contribution is 5.77. The van der Waals surface area contributed by atoms with Gasteiger partial charge in [-0.25, -0.2) is 0 Å². The van der Waals surface area contributed by atoms with Gasteiger partial charge in [0.25, 0.3) is 5.91 Å². The molecule has 1 N–H and O–H groups in total. The van der Waals surface area contributed by atoms with Crippen LogP contribution in [0.4, 0.5) is 13.2 Å². The molecule has 2 aromatic rings. The molecule has 1 atom stereocenters. The van der Waals surface area contributed by atoms with Gasteiger partial charge in [0.2, 0.25) is 0 Å². The van der Waals surface area contributed by atoms with E-state index in [0.717, 1.165) is 43.8 Å². The van der Waals surface area contributed by atoms with Crippen molar-refractivity contribution >= 4 is 5.91 Å². The number of hydrogen-bond acceptors (Lipinski definition) is 4. The number of ether oxygens (including phenoxy) is 1. The summed E-state index contributed by atoms with van der Waals surface area (Å²) in [5.74, 6) is 0.376. The van der Waals surface area contributed by atoms with Crippen LogP contribution in [0.1, 0.15) is 30.2 Å². The van der Waals surface area contributed by atoms with Crippen molar-refractivity contribution in [3.05, 3.63) is 54.0 Å². The molecule has 0 bridgehead atoms. The summed E-state index contributed by atoms with van der Waals surface area (Å²) >= 11 is 0. The summed E-state index contributed by atoms with van der Waals surface area (Å²) in [4.78, 5) is 14.3. The molecule has 1 aliphatic heterocycles. The van der Waals surface area contributed by atoms with Crippen molar-refractivity contribution in [2.24, 2.45) is 0 Å². The third-order valence-corrected chi connectivity index (χ3v) is 4.48. The zero-order chi connectivity index (χ0) is 19.3. The van der Waals surface area contributed by atoms with Crippen LogP contribution < -0.4 is 10.1 Å². The van der Waals surface area contributed by atoms with Gasteiger partial charge in [-0.05, 0) is 56.3 Å². The first kappa shape index (κ1) is 19.3. The van der Waals surface area contributed by atoms with Crippen LogP contribution in [0.25, 0.3) is 0 Å². The molecule has 8 heteroatoms. The Labute approximate surface area is 155 Å². The fourth-order valence-electron chi connectivity index (χ4n) is 3.12. The van der Waals surface area contributed by atoms with Crippen molar-refractivity contribution in [1.82, 2.24) is 10.2 Å². The number of carbonyl (C=O) groups excluding carboxylic acids is 1. The summed E-state index contributed by atoms with van der Waals surface area (Å²) in [5.41, 5.74) is -0.813. The fraction of sp³-hybridized carbons (Fsp3) is 0.421. The number of nitrogens with zero attached hydrogens (tertiary/aromatic N) is 1. The second kappa shape index (κ2) is 8.47. The van der Waals surface area contributed by atoms with Crippen LogP contribution in [0.15, 0.2) is 47.1 Å². The standard InChI is InChI=1S/C19H21F3N2O3/c20-19(21,22)14-5-3-6-15(11-14)27-13-18(25)23-12-16(17-7-4-10-26-17)24-8-1-2-9-24/h3-7,10-11,16H,1-2,8-9,12-13H2,(H,23,25)/t16-/m1/s1. The minimum absolute atomic E-state index is 0.00195. The maximum Gasteiger partial charge on any atom is 0.416 e. The van der Waals surface area contributed by atoms with Crippen LogP contribution in [-0.4, -0.2) is 37.0 Å². The molecule has 0 aliphatic carbocycles. The normalized spacial score (nSPS) is 16.3. The molecule has 1 saturated heterocycles. The summed E-state index contributed by atoms with van der Waals surface area (Å²) in [6.45, 7) is 1.86. The molecule has 0 radical (unpaired) electrons. The Kier molecular flexibility index (Phi) is 6.05. The van der Waals surface area contributed by atoms with Gasteiger partial charge in [-0.15, -0.1) is 0 Å². The van der Waals surface area contributed by atoms with Crippen molar-refractivity contribution in [2.75, 3.05) is 26.2 Å². The Morgan fingerprint density at radius 3 is 2.67 bits per heavy atom. The predicted molar refractivity (Wildman–Crippen MR) is 92.2 cm³/mol. The van der Waals surface area contributed by atoms with E-state index in [1.165, 1.54) is 12.1 Å². The summed E-state index contributed by atoms with van der Waals surface area (Å²) in [6.07, 6.45) is -0.655. The molecule has 1 aromatic carbocycles. The van der Waals surface area contributed by atoms with E-state index in [-0.39, 0.29) is 18.4 Å². The molecular weight excluding hydrogens is 361 g/mol. The zero-order valence-electron chi connectivity index (χ0n) is 14.7. The number of alkyl halides is 3. The number of likely N-dealkylation sites (tertiary alicyclic amines) is 1. The van der Waals surface area contributed by atoms with Crippen molar-refractivity contribution in [3.8, 4) is 5.75 Å². The van der Waals surface area contributed by atoms with Gasteiger partial charge in [0, 0.05) is 6.54 Å². The SMILES string of the molecule is O=C(COc1cccc(C(F)(F)F)c1)NC[C@H](c1ccco1)N1CCCC1. The van der Waals surface area contributed by atoms with E-state index in [1.807, 2.05) is 6.07 Å². The summed E-state index contributed by atoms with van der Waals surface area (Å²) in [6, 6.07) is 8.07.